The third kappa shape index (κ3) is 2.86. The zero-order valence-electron chi connectivity index (χ0n) is 7.96. The normalized spacial score (nSPS) is 14.0. The van der Waals surface area contributed by atoms with E-state index in [0.717, 1.165) is 6.20 Å². The summed E-state index contributed by atoms with van der Waals surface area (Å²) in [7, 11) is 0. The SMILES string of the molecule is [N-]=[N+]=NCC(O)C(O)c1cnc(F)c(F)c1. The first-order valence-corrected chi connectivity index (χ1v) is 4.24. The Balaban J connectivity index is 2.82. The lowest BCUT2D eigenvalue weighted by Crippen LogP contribution is -2.21. The van der Waals surface area contributed by atoms with Crippen LogP contribution < -0.4 is 0 Å². The van der Waals surface area contributed by atoms with Gasteiger partial charge in [0.25, 0.3) is 0 Å². The Hall–Kier alpha value is -1.76. The van der Waals surface area contributed by atoms with E-state index in [1.54, 1.807) is 0 Å². The third-order valence-electron chi connectivity index (χ3n) is 1.86. The van der Waals surface area contributed by atoms with Crippen molar-refractivity contribution in [3.63, 3.8) is 0 Å². The molecule has 0 aliphatic rings. The first-order chi connectivity index (χ1) is 7.56. The second-order valence-corrected chi connectivity index (χ2v) is 2.97. The molecule has 16 heavy (non-hydrogen) atoms. The Morgan fingerprint density at radius 1 is 1.50 bits per heavy atom. The summed E-state index contributed by atoms with van der Waals surface area (Å²) in [6, 6.07) is 0.715. The van der Waals surface area contributed by atoms with E-state index in [4.69, 9.17) is 5.53 Å². The predicted octanol–water partition coefficient (Wildman–Crippen LogP) is 1.06. The Kier molecular flexibility index (Phi) is 4.12. The van der Waals surface area contributed by atoms with Crippen LogP contribution in [-0.4, -0.2) is 27.8 Å². The van der Waals surface area contributed by atoms with Gasteiger partial charge in [0.1, 0.15) is 6.10 Å². The van der Waals surface area contributed by atoms with Crippen LogP contribution >= 0.6 is 0 Å². The third-order valence-corrected chi connectivity index (χ3v) is 1.86. The minimum absolute atomic E-state index is 0.0976. The first kappa shape index (κ1) is 12.3. The van der Waals surface area contributed by atoms with E-state index in [9.17, 15) is 19.0 Å². The summed E-state index contributed by atoms with van der Waals surface area (Å²) in [5.74, 6) is -2.52. The molecule has 0 aromatic carbocycles. The molecular formula is C8H8F2N4O2. The zero-order valence-corrected chi connectivity index (χ0v) is 7.96. The molecule has 1 rings (SSSR count). The summed E-state index contributed by atoms with van der Waals surface area (Å²) in [5.41, 5.74) is 7.89. The fraction of sp³-hybridized carbons (Fsp3) is 0.375. The Labute approximate surface area is 88.8 Å². The number of rotatable bonds is 4. The Morgan fingerprint density at radius 2 is 2.19 bits per heavy atom. The summed E-state index contributed by atoms with van der Waals surface area (Å²) >= 11 is 0. The quantitative estimate of drug-likeness (QED) is 0.350. The van der Waals surface area contributed by atoms with Gasteiger partial charge >= 0.3 is 0 Å². The molecule has 86 valence electrons. The van der Waals surface area contributed by atoms with Crippen LogP contribution in [0.3, 0.4) is 0 Å². The number of aliphatic hydroxyl groups excluding tert-OH is 2. The van der Waals surface area contributed by atoms with Crippen molar-refractivity contribution in [2.75, 3.05) is 6.54 Å². The summed E-state index contributed by atoms with van der Waals surface area (Å²) in [4.78, 5) is 5.43. The number of hydrogen-bond acceptors (Lipinski definition) is 4. The Morgan fingerprint density at radius 3 is 2.75 bits per heavy atom. The summed E-state index contributed by atoms with van der Waals surface area (Å²) < 4.78 is 25.2. The average molecular weight is 230 g/mol. The van der Waals surface area contributed by atoms with E-state index in [2.05, 4.69) is 15.0 Å². The van der Waals surface area contributed by atoms with E-state index < -0.39 is 24.0 Å². The molecule has 0 fully saturated rings. The molecule has 0 aliphatic carbocycles. The van der Waals surface area contributed by atoms with Crippen LogP contribution in [0.25, 0.3) is 10.4 Å². The zero-order chi connectivity index (χ0) is 12.1. The number of aliphatic hydroxyl groups is 2. The minimum atomic E-state index is -1.49. The molecule has 0 aliphatic heterocycles. The lowest BCUT2D eigenvalue weighted by atomic mass is 10.1. The highest BCUT2D eigenvalue weighted by molar-refractivity contribution is 5.15. The van der Waals surface area contributed by atoms with Crippen molar-refractivity contribution < 1.29 is 19.0 Å². The van der Waals surface area contributed by atoms with Crippen molar-refractivity contribution >= 4 is 0 Å². The number of pyridine rings is 1. The molecular weight excluding hydrogens is 222 g/mol. The fourth-order valence-corrected chi connectivity index (χ4v) is 1.04. The minimum Gasteiger partial charge on any atom is -0.390 e. The van der Waals surface area contributed by atoms with Crippen LogP contribution in [0.2, 0.25) is 0 Å². The van der Waals surface area contributed by atoms with E-state index in [1.165, 1.54) is 0 Å². The van der Waals surface area contributed by atoms with Gasteiger partial charge in [0.2, 0.25) is 5.95 Å². The Bertz CT molecular complexity index is 422. The molecule has 0 bridgehead atoms. The van der Waals surface area contributed by atoms with E-state index in [-0.39, 0.29) is 12.1 Å². The van der Waals surface area contributed by atoms with Crippen LogP contribution in [-0.2, 0) is 0 Å². The molecule has 1 heterocycles. The number of aromatic nitrogens is 1. The standard InChI is InChI=1S/C8H8F2N4O2/c9-5-1-4(2-12-8(5)10)7(16)6(15)3-13-14-11/h1-2,6-7,15-16H,3H2. The van der Waals surface area contributed by atoms with Gasteiger partial charge in [-0.15, -0.1) is 0 Å². The average Bonchev–Trinajstić information content (AvgIpc) is 2.28. The van der Waals surface area contributed by atoms with Crippen molar-refractivity contribution in [1.29, 1.82) is 0 Å². The number of nitrogens with zero attached hydrogens (tertiary/aromatic N) is 4. The summed E-state index contributed by atoms with van der Waals surface area (Å²) in [5, 5.41) is 21.8. The predicted molar refractivity (Wildman–Crippen MR) is 49.1 cm³/mol. The fourth-order valence-electron chi connectivity index (χ4n) is 1.04. The number of halogens is 2. The van der Waals surface area contributed by atoms with Gasteiger partial charge in [0, 0.05) is 16.7 Å². The molecule has 1 aromatic rings. The van der Waals surface area contributed by atoms with Crippen LogP contribution in [0.15, 0.2) is 17.4 Å². The highest BCUT2D eigenvalue weighted by Gasteiger charge is 2.19. The van der Waals surface area contributed by atoms with Gasteiger partial charge in [-0.3, -0.25) is 0 Å². The molecule has 6 nitrogen and oxygen atoms in total. The van der Waals surface area contributed by atoms with Gasteiger partial charge in [-0.1, -0.05) is 5.11 Å². The van der Waals surface area contributed by atoms with Gasteiger partial charge in [-0.05, 0) is 11.6 Å². The monoisotopic (exact) mass is 230 g/mol. The largest absolute Gasteiger partial charge is 0.390 e. The molecule has 2 atom stereocenters. The van der Waals surface area contributed by atoms with Crippen LogP contribution in [0.5, 0.6) is 0 Å². The van der Waals surface area contributed by atoms with E-state index in [0.29, 0.717) is 6.07 Å². The van der Waals surface area contributed by atoms with Crippen LogP contribution in [0.1, 0.15) is 11.7 Å². The van der Waals surface area contributed by atoms with Gasteiger partial charge in [-0.25, -0.2) is 9.37 Å². The second kappa shape index (κ2) is 5.36. The molecule has 0 amide bonds. The van der Waals surface area contributed by atoms with Crippen molar-refractivity contribution in [2.45, 2.75) is 12.2 Å². The molecule has 8 heteroatoms. The molecule has 0 spiro atoms. The van der Waals surface area contributed by atoms with Crippen LogP contribution in [0.4, 0.5) is 8.78 Å². The molecule has 2 unspecified atom stereocenters. The first-order valence-electron chi connectivity index (χ1n) is 4.24. The van der Waals surface area contributed by atoms with Gasteiger partial charge in [0.05, 0.1) is 12.6 Å². The highest BCUT2D eigenvalue weighted by Crippen LogP contribution is 2.18. The molecule has 2 N–H and O–H groups in total. The van der Waals surface area contributed by atoms with E-state index >= 15 is 0 Å². The molecule has 0 radical (unpaired) electrons. The maximum absolute atomic E-state index is 12.7. The topological polar surface area (TPSA) is 102 Å². The van der Waals surface area contributed by atoms with Crippen molar-refractivity contribution in [2.24, 2.45) is 5.11 Å². The second-order valence-electron chi connectivity index (χ2n) is 2.97. The maximum atomic E-state index is 12.7. The molecule has 0 saturated carbocycles. The maximum Gasteiger partial charge on any atom is 0.248 e. The molecule has 1 aromatic heterocycles. The molecule has 0 saturated heterocycles. The highest BCUT2D eigenvalue weighted by atomic mass is 19.2. The van der Waals surface area contributed by atoms with Gasteiger partial charge in [0.15, 0.2) is 5.82 Å². The van der Waals surface area contributed by atoms with Crippen molar-refractivity contribution in [3.05, 3.63) is 40.0 Å². The smallest absolute Gasteiger partial charge is 0.248 e. The van der Waals surface area contributed by atoms with Crippen molar-refractivity contribution in [3.8, 4) is 0 Å². The summed E-state index contributed by atoms with van der Waals surface area (Å²) in [6.07, 6.45) is -2.00. The summed E-state index contributed by atoms with van der Waals surface area (Å²) in [6.45, 7) is -0.378. The van der Waals surface area contributed by atoms with Crippen molar-refractivity contribution in [1.82, 2.24) is 4.98 Å². The number of azide groups is 1. The van der Waals surface area contributed by atoms with Gasteiger partial charge in [-0.2, -0.15) is 4.39 Å². The van der Waals surface area contributed by atoms with Crippen LogP contribution in [0, 0.1) is 11.8 Å². The van der Waals surface area contributed by atoms with E-state index in [1.807, 2.05) is 0 Å². The van der Waals surface area contributed by atoms with Gasteiger partial charge < -0.3 is 10.2 Å². The lowest BCUT2D eigenvalue weighted by Gasteiger charge is -2.15. The number of hydrogen-bond donors (Lipinski definition) is 2. The lowest BCUT2D eigenvalue weighted by molar-refractivity contribution is 0.0239.